The van der Waals surface area contributed by atoms with Crippen molar-refractivity contribution in [1.29, 1.82) is 0 Å². The average molecular weight is 506 g/mol. The first-order valence-electron chi connectivity index (χ1n) is 9.23. The molecule has 2 heterocycles. The molecule has 158 valence electrons. The number of ether oxygens (including phenoxy) is 1. The van der Waals surface area contributed by atoms with E-state index in [2.05, 4.69) is 10.3 Å². The summed E-state index contributed by atoms with van der Waals surface area (Å²) in [4.78, 5) is 19.7. The van der Waals surface area contributed by atoms with Gasteiger partial charge in [-0.15, -0.1) is 24.0 Å². The molecule has 0 radical (unpaired) electrons. The summed E-state index contributed by atoms with van der Waals surface area (Å²) in [6.45, 7) is 4.19. The van der Waals surface area contributed by atoms with Crippen LogP contribution in [0.4, 0.5) is 13.2 Å². The van der Waals surface area contributed by atoms with Gasteiger partial charge in [-0.1, -0.05) is 0 Å². The van der Waals surface area contributed by atoms with Crippen LogP contribution in [0.5, 0.6) is 0 Å². The number of hydrogen-bond acceptors (Lipinski definition) is 4. The number of aliphatic imine (C=N–C) groups is 1. The Morgan fingerprint density at radius 3 is 2.63 bits per heavy atom. The molecule has 10 heteroatoms. The lowest BCUT2D eigenvalue weighted by molar-refractivity contribution is -0.149. The van der Waals surface area contributed by atoms with Crippen molar-refractivity contribution in [2.75, 3.05) is 52.9 Å². The van der Waals surface area contributed by atoms with Crippen LogP contribution < -0.4 is 5.32 Å². The molecule has 2 aliphatic heterocycles. The summed E-state index contributed by atoms with van der Waals surface area (Å²) in [6.07, 6.45) is -1.71. The monoisotopic (exact) mass is 506 g/mol. The Bertz CT molecular complexity index is 505. The topological polar surface area (TPSA) is 57.2 Å². The Kier molecular flexibility index (Phi) is 10.1. The van der Waals surface area contributed by atoms with Gasteiger partial charge in [0.15, 0.2) is 5.96 Å². The molecule has 0 amide bonds. The van der Waals surface area contributed by atoms with Gasteiger partial charge in [0.25, 0.3) is 0 Å². The number of likely N-dealkylation sites (tertiary alicyclic amines) is 2. The van der Waals surface area contributed by atoms with Crippen molar-refractivity contribution in [2.45, 2.75) is 32.4 Å². The van der Waals surface area contributed by atoms with E-state index in [1.54, 1.807) is 14.0 Å². The zero-order chi connectivity index (χ0) is 19.2. The first kappa shape index (κ1) is 24.3. The van der Waals surface area contributed by atoms with Gasteiger partial charge in [0.1, 0.15) is 0 Å². The molecule has 2 aliphatic rings. The second-order valence-electron chi connectivity index (χ2n) is 6.97. The predicted molar refractivity (Wildman–Crippen MR) is 108 cm³/mol. The number of rotatable bonds is 5. The highest BCUT2D eigenvalue weighted by molar-refractivity contribution is 14.0. The van der Waals surface area contributed by atoms with Crippen LogP contribution in [0.1, 0.15) is 26.2 Å². The van der Waals surface area contributed by atoms with Gasteiger partial charge >= 0.3 is 12.1 Å². The lowest BCUT2D eigenvalue weighted by Crippen LogP contribution is -2.49. The van der Waals surface area contributed by atoms with Crippen molar-refractivity contribution in [3.8, 4) is 0 Å². The lowest BCUT2D eigenvalue weighted by atomic mass is 9.98. The molecule has 2 saturated heterocycles. The number of nitrogens with zero attached hydrogens (tertiary/aromatic N) is 3. The van der Waals surface area contributed by atoms with Crippen molar-refractivity contribution in [2.24, 2.45) is 16.8 Å². The van der Waals surface area contributed by atoms with Gasteiger partial charge in [0.2, 0.25) is 0 Å². The van der Waals surface area contributed by atoms with Crippen LogP contribution in [-0.4, -0.2) is 80.8 Å². The molecule has 0 spiro atoms. The number of halogens is 4. The highest BCUT2D eigenvalue weighted by Gasteiger charge is 2.34. The summed E-state index contributed by atoms with van der Waals surface area (Å²) < 4.78 is 42.6. The van der Waals surface area contributed by atoms with Crippen LogP contribution in [0.3, 0.4) is 0 Å². The summed E-state index contributed by atoms with van der Waals surface area (Å²) in [5, 5.41) is 3.27. The SMILES string of the molecule is CCOC(=O)C1CCCN(C(=NC)NCC2CCN(CC(F)(F)F)C2)C1.I. The Balaban J connectivity index is 0.00000364. The number of carbonyl (C=O) groups is 1. The minimum atomic E-state index is -4.14. The molecule has 2 atom stereocenters. The van der Waals surface area contributed by atoms with E-state index in [1.165, 1.54) is 4.90 Å². The third-order valence-corrected chi connectivity index (χ3v) is 4.87. The molecule has 0 aliphatic carbocycles. The van der Waals surface area contributed by atoms with E-state index < -0.39 is 12.7 Å². The quantitative estimate of drug-likeness (QED) is 0.269. The number of carbonyl (C=O) groups excluding carboxylic acids is 1. The van der Waals surface area contributed by atoms with E-state index in [4.69, 9.17) is 4.74 Å². The molecule has 2 rings (SSSR count). The van der Waals surface area contributed by atoms with Gasteiger partial charge in [-0.05, 0) is 38.6 Å². The van der Waals surface area contributed by atoms with Crippen LogP contribution in [0.2, 0.25) is 0 Å². The molecule has 0 saturated carbocycles. The number of hydrogen-bond donors (Lipinski definition) is 1. The second-order valence-corrected chi connectivity index (χ2v) is 6.97. The summed E-state index contributed by atoms with van der Waals surface area (Å²) >= 11 is 0. The Labute approximate surface area is 175 Å². The number of nitrogens with one attached hydrogen (secondary N) is 1. The molecule has 0 aromatic heterocycles. The largest absolute Gasteiger partial charge is 0.466 e. The van der Waals surface area contributed by atoms with Crippen LogP contribution in [0.15, 0.2) is 4.99 Å². The van der Waals surface area contributed by atoms with Gasteiger partial charge < -0.3 is 15.0 Å². The van der Waals surface area contributed by atoms with E-state index in [-0.39, 0.29) is 41.8 Å². The molecular weight excluding hydrogens is 476 g/mol. The minimum Gasteiger partial charge on any atom is -0.466 e. The van der Waals surface area contributed by atoms with E-state index in [0.717, 1.165) is 25.8 Å². The van der Waals surface area contributed by atoms with Gasteiger partial charge in [-0.25, -0.2) is 0 Å². The summed E-state index contributed by atoms with van der Waals surface area (Å²) in [5.41, 5.74) is 0. The summed E-state index contributed by atoms with van der Waals surface area (Å²) in [5.74, 6) is 0.537. The third-order valence-electron chi connectivity index (χ3n) is 4.87. The van der Waals surface area contributed by atoms with Crippen molar-refractivity contribution in [3.05, 3.63) is 0 Å². The van der Waals surface area contributed by atoms with Crippen molar-refractivity contribution < 1.29 is 22.7 Å². The third kappa shape index (κ3) is 8.00. The average Bonchev–Trinajstić information content (AvgIpc) is 3.01. The van der Waals surface area contributed by atoms with Gasteiger partial charge in [-0.3, -0.25) is 14.7 Å². The summed E-state index contributed by atoms with van der Waals surface area (Å²) in [7, 11) is 1.68. The molecule has 2 fully saturated rings. The molecule has 1 N–H and O–H groups in total. The number of esters is 1. The maximum Gasteiger partial charge on any atom is 0.401 e. The molecule has 0 aromatic rings. The van der Waals surface area contributed by atoms with Crippen LogP contribution >= 0.6 is 24.0 Å². The second kappa shape index (κ2) is 11.3. The maximum absolute atomic E-state index is 12.5. The fraction of sp³-hybridized carbons (Fsp3) is 0.882. The van der Waals surface area contributed by atoms with Gasteiger partial charge in [0, 0.05) is 33.2 Å². The Hall–Kier alpha value is -0.780. The van der Waals surface area contributed by atoms with Crippen molar-refractivity contribution in [3.63, 3.8) is 0 Å². The standard InChI is InChI=1S/C17H29F3N4O2.HI/c1-3-26-15(25)14-5-4-7-24(11-14)16(21-2)22-9-13-6-8-23(10-13)12-17(18,19)20;/h13-14H,3-12H2,1-2H3,(H,21,22);1H. The van der Waals surface area contributed by atoms with Crippen molar-refractivity contribution in [1.82, 2.24) is 15.1 Å². The Morgan fingerprint density at radius 1 is 1.26 bits per heavy atom. The van der Waals surface area contributed by atoms with Crippen LogP contribution in [-0.2, 0) is 9.53 Å². The first-order chi connectivity index (χ1) is 12.3. The predicted octanol–water partition coefficient (Wildman–Crippen LogP) is 2.34. The van der Waals surface area contributed by atoms with E-state index in [0.29, 0.717) is 38.7 Å². The van der Waals surface area contributed by atoms with E-state index in [1.807, 2.05) is 4.90 Å². The van der Waals surface area contributed by atoms with Crippen LogP contribution in [0.25, 0.3) is 0 Å². The number of guanidine groups is 1. The fourth-order valence-electron chi connectivity index (χ4n) is 3.67. The Morgan fingerprint density at radius 2 is 2.00 bits per heavy atom. The molecular formula is C17H30F3IN4O2. The minimum absolute atomic E-state index is 0. The zero-order valence-electron chi connectivity index (χ0n) is 15.9. The normalized spacial score (nSPS) is 24.5. The zero-order valence-corrected chi connectivity index (χ0v) is 18.3. The molecule has 0 bridgehead atoms. The number of alkyl halides is 3. The smallest absolute Gasteiger partial charge is 0.401 e. The first-order valence-corrected chi connectivity index (χ1v) is 9.23. The highest BCUT2D eigenvalue weighted by Crippen LogP contribution is 2.23. The molecule has 27 heavy (non-hydrogen) atoms. The van der Waals surface area contributed by atoms with Crippen LogP contribution in [0, 0.1) is 11.8 Å². The van der Waals surface area contributed by atoms with Gasteiger partial charge in [-0.2, -0.15) is 13.2 Å². The van der Waals surface area contributed by atoms with E-state index in [9.17, 15) is 18.0 Å². The number of piperidine rings is 1. The van der Waals surface area contributed by atoms with E-state index >= 15 is 0 Å². The summed E-state index contributed by atoms with van der Waals surface area (Å²) in [6, 6.07) is 0. The van der Waals surface area contributed by atoms with Crippen molar-refractivity contribution >= 4 is 35.9 Å². The van der Waals surface area contributed by atoms with Gasteiger partial charge in [0.05, 0.1) is 19.1 Å². The maximum atomic E-state index is 12.5. The molecule has 0 aromatic carbocycles. The lowest BCUT2D eigenvalue weighted by Gasteiger charge is -2.34. The molecule has 6 nitrogen and oxygen atoms in total. The molecule has 2 unspecified atom stereocenters. The fourth-order valence-corrected chi connectivity index (χ4v) is 3.67. The highest BCUT2D eigenvalue weighted by atomic mass is 127.